The zero-order chi connectivity index (χ0) is 33.4. The minimum Gasteiger partial charge on any atom is -0.445 e. The average molecular weight is 638 g/mol. The van der Waals surface area contributed by atoms with E-state index in [2.05, 4.69) is 15.6 Å². The van der Waals surface area contributed by atoms with Gasteiger partial charge in [0.05, 0.1) is 18.7 Å². The molecule has 4 atom stereocenters. The van der Waals surface area contributed by atoms with Gasteiger partial charge in [-0.2, -0.15) is 0 Å². The number of carbonyl (C=O) groups is 4. The number of aromatic amines is 1. The number of alkyl carbamates (subject to hydrolysis) is 1. The van der Waals surface area contributed by atoms with E-state index in [4.69, 9.17) is 9.47 Å². The van der Waals surface area contributed by atoms with E-state index in [1.54, 1.807) is 6.92 Å². The number of rotatable bonds is 16. The van der Waals surface area contributed by atoms with E-state index in [9.17, 15) is 19.2 Å². The molecule has 0 spiro atoms. The lowest BCUT2D eigenvalue weighted by Gasteiger charge is -2.25. The van der Waals surface area contributed by atoms with Crippen molar-refractivity contribution in [1.82, 2.24) is 15.6 Å². The van der Waals surface area contributed by atoms with Gasteiger partial charge in [0, 0.05) is 29.4 Å². The monoisotopic (exact) mass is 637 g/mol. The van der Waals surface area contributed by atoms with Crippen LogP contribution in [0.25, 0.3) is 10.9 Å². The summed E-state index contributed by atoms with van der Waals surface area (Å²) in [6, 6.07) is 24.9. The van der Waals surface area contributed by atoms with Crippen LogP contribution in [0.5, 0.6) is 0 Å². The molecule has 0 aliphatic carbocycles. The fraction of sp³-hybridized carbons (Fsp3) is 0.368. The predicted octanol–water partition coefficient (Wildman–Crippen LogP) is 5.71. The van der Waals surface area contributed by atoms with Crippen molar-refractivity contribution in [2.24, 2.45) is 11.8 Å². The van der Waals surface area contributed by atoms with Crippen molar-refractivity contribution in [2.45, 2.75) is 70.7 Å². The van der Waals surface area contributed by atoms with Crippen LogP contribution in [0.2, 0.25) is 0 Å². The van der Waals surface area contributed by atoms with Crippen molar-refractivity contribution in [2.75, 3.05) is 6.61 Å². The van der Waals surface area contributed by atoms with E-state index >= 15 is 0 Å². The van der Waals surface area contributed by atoms with E-state index in [1.807, 2.05) is 105 Å². The molecule has 1 aliphatic rings. The standard InChI is InChI=1S/C38H43N3O6/c1-25(2)18-32(41-37(45)46-23-27-14-8-5-9-15-27)34(42)21-28(20-29-22-39-31-17-11-10-16-30(29)31)36(44)40-33(35(43)38(3)24-47-38)19-26-12-6-4-7-13-26/h4-17,22,25,28,32-33,39H,18-21,23-24H2,1-3H3,(H,40,44)(H,41,45)/t28-,32?,33+,38-/m1/s1. The molecular formula is C38H43N3O6. The number of ether oxygens (including phenoxy) is 2. The van der Waals surface area contributed by atoms with Gasteiger partial charge in [-0.1, -0.05) is 92.7 Å². The van der Waals surface area contributed by atoms with Gasteiger partial charge in [-0.05, 0) is 54.9 Å². The van der Waals surface area contributed by atoms with Gasteiger partial charge in [-0.3, -0.25) is 14.4 Å². The molecule has 1 aliphatic heterocycles. The fourth-order valence-corrected chi connectivity index (χ4v) is 5.83. The summed E-state index contributed by atoms with van der Waals surface area (Å²) in [4.78, 5) is 57.7. The fourth-order valence-electron chi connectivity index (χ4n) is 5.83. The summed E-state index contributed by atoms with van der Waals surface area (Å²) in [6.07, 6.45) is 1.95. The zero-order valence-corrected chi connectivity index (χ0v) is 27.2. The molecule has 2 amide bonds. The van der Waals surface area contributed by atoms with Crippen LogP contribution in [0, 0.1) is 11.8 Å². The maximum Gasteiger partial charge on any atom is 0.408 e. The Labute approximate surface area is 275 Å². The van der Waals surface area contributed by atoms with Crippen molar-refractivity contribution in [3.05, 3.63) is 108 Å². The molecule has 1 unspecified atom stereocenters. The number of hydrogen-bond donors (Lipinski definition) is 3. The van der Waals surface area contributed by atoms with Gasteiger partial charge in [-0.15, -0.1) is 0 Å². The smallest absolute Gasteiger partial charge is 0.408 e. The first-order valence-electron chi connectivity index (χ1n) is 16.2. The Balaban J connectivity index is 1.36. The number of amides is 2. The van der Waals surface area contributed by atoms with Crippen LogP contribution in [0.3, 0.4) is 0 Å². The van der Waals surface area contributed by atoms with Gasteiger partial charge in [0.1, 0.15) is 12.2 Å². The predicted molar refractivity (Wildman–Crippen MR) is 180 cm³/mol. The van der Waals surface area contributed by atoms with Crippen LogP contribution in [-0.2, 0) is 43.3 Å². The molecule has 1 fully saturated rings. The molecule has 246 valence electrons. The van der Waals surface area contributed by atoms with Gasteiger partial charge in [0.15, 0.2) is 11.6 Å². The minimum absolute atomic E-state index is 0.0698. The quantitative estimate of drug-likeness (QED) is 0.135. The van der Waals surface area contributed by atoms with Gasteiger partial charge in [-0.25, -0.2) is 4.79 Å². The molecule has 3 N–H and O–H groups in total. The second-order valence-corrected chi connectivity index (χ2v) is 13.0. The Bertz CT molecular complexity index is 1680. The number of ketones is 2. The summed E-state index contributed by atoms with van der Waals surface area (Å²) in [6.45, 7) is 6.03. The van der Waals surface area contributed by atoms with Crippen LogP contribution in [0.15, 0.2) is 91.1 Å². The maximum absolute atomic E-state index is 14.1. The SMILES string of the molecule is CC(C)CC(NC(=O)OCc1ccccc1)C(=O)C[C@@H](Cc1c[nH]c2ccccc12)C(=O)N[C@@H](Cc1ccccc1)C(=O)[C@@]1(C)CO1. The molecule has 3 aromatic carbocycles. The number of benzene rings is 3. The number of para-hydroxylation sites is 1. The average Bonchev–Trinajstić information content (AvgIpc) is 3.70. The molecule has 4 aromatic rings. The Kier molecular flexibility index (Phi) is 10.9. The lowest BCUT2D eigenvalue weighted by molar-refractivity contribution is -0.134. The van der Waals surface area contributed by atoms with Gasteiger partial charge >= 0.3 is 6.09 Å². The Hall–Kier alpha value is -4.76. The maximum atomic E-state index is 14.1. The van der Waals surface area contributed by atoms with E-state index < -0.39 is 35.6 Å². The number of Topliss-reactive ketones (excluding diaryl/α,β-unsaturated/α-hetero) is 2. The van der Waals surface area contributed by atoms with Crippen LogP contribution < -0.4 is 10.6 Å². The largest absolute Gasteiger partial charge is 0.445 e. The highest BCUT2D eigenvalue weighted by Gasteiger charge is 2.50. The Morgan fingerprint density at radius 1 is 0.851 bits per heavy atom. The summed E-state index contributed by atoms with van der Waals surface area (Å²) < 4.78 is 10.9. The molecule has 0 bridgehead atoms. The number of epoxide rings is 1. The van der Waals surface area contributed by atoms with Crippen molar-refractivity contribution in [3.8, 4) is 0 Å². The van der Waals surface area contributed by atoms with E-state index in [-0.39, 0.29) is 36.9 Å². The summed E-state index contributed by atoms with van der Waals surface area (Å²) in [7, 11) is 0. The van der Waals surface area contributed by atoms with Crippen molar-refractivity contribution < 1.29 is 28.7 Å². The third kappa shape index (κ3) is 9.16. The molecule has 1 aromatic heterocycles. The Morgan fingerprint density at radius 2 is 1.49 bits per heavy atom. The summed E-state index contributed by atoms with van der Waals surface area (Å²) >= 11 is 0. The molecule has 1 saturated heterocycles. The second kappa shape index (κ2) is 15.2. The first-order valence-corrected chi connectivity index (χ1v) is 16.2. The molecule has 47 heavy (non-hydrogen) atoms. The summed E-state index contributed by atoms with van der Waals surface area (Å²) in [5.41, 5.74) is 2.59. The van der Waals surface area contributed by atoms with Crippen LogP contribution in [0.1, 0.15) is 50.3 Å². The number of hydrogen-bond acceptors (Lipinski definition) is 6. The van der Waals surface area contributed by atoms with Crippen LogP contribution in [-0.4, -0.2) is 52.8 Å². The van der Waals surface area contributed by atoms with Gasteiger partial charge in [0.25, 0.3) is 0 Å². The van der Waals surface area contributed by atoms with E-state index in [0.29, 0.717) is 19.4 Å². The normalized spacial score (nSPS) is 17.4. The number of H-pyrrole nitrogens is 1. The topological polar surface area (TPSA) is 130 Å². The molecule has 5 rings (SSSR count). The zero-order valence-electron chi connectivity index (χ0n) is 27.2. The molecule has 0 radical (unpaired) electrons. The highest BCUT2D eigenvalue weighted by atomic mass is 16.6. The Morgan fingerprint density at radius 3 is 2.15 bits per heavy atom. The number of fused-ring (bicyclic) bond motifs is 1. The summed E-state index contributed by atoms with van der Waals surface area (Å²) in [5.74, 6) is -1.60. The van der Waals surface area contributed by atoms with Crippen LogP contribution >= 0.6 is 0 Å². The minimum atomic E-state index is -0.943. The highest BCUT2D eigenvalue weighted by molar-refractivity contribution is 5.98. The number of aromatic nitrogens is 1. The van der Waals surface area contributed by atoms with Crippen molar-refractivity contribution >= 4 is 34.5 Å². The third-order valence-corrected chi connectivity index (χ3v) is 8.57. The first-order chi connectivity index (χ1) is 22.6. The van der Waals surface area contributed by atoms with Crippen LogP contribution in [0.4, 0.5) is 4.79 Å². The van der Waals surface area contributed by atoms with Gasteiger partial charge < -0.3 is 25.1 Å². The molecule has 0 saturated carbocycles. The van der Waals surface area contributed by atoms with Crippen molar-refractivity contribution in [1.29, 1.82) is 0 Å². The first kappa shape index (κ1) is 33.6. The third-order valence-electron chi connectivity index (χ3n) is 8.57. The molecular weight excluding hydrogens is 594 g/mol. The lowest BCUT2D eigenvalue weighted by Crippen LogP contribution is -2.50. The molecule has 2 heterocycles. The number of carbonyl (C=O) groups excluding carboxylic acids is 4. The van der Waals surface area contributed by atoms with E-state index in [0.717, 1.165) is 27.6 Å². The van der Waals surface area contributed by atoms with Crippen molar-refractivity contribution in [3.63, 3.8) is 0 Å². The lowest BCUT2D eigenvalue weighted by atomic mass is 9.88. The molecule has 9 heteroatoms. The van der Waals surface area contributed by atoms with E-state index in [1.165, 1.54) is 0 Å². The second-order valence-electron chi connectivity index (χ2n) is 13.0. The number of nitrogens with one attached hydrogen (secondary N) is 3. The molecule has 9 nitrogen and oxygen atoms in total. The highest BCUT2D eigenvalue weighted by Crippen LogP contribution is 2.30. The van der Waals surface area contributed by atoms with Gasteiger partial charge in [0.2, 0.25) is 5.91 Å². The summed E-state index contributed by atoms with van der Waals surface area (Å²) in [5, 5.41) is 6.70.